The Morgan fingerprint density at radius 2 is 2.04 bits per heavy atom. The van der Waals surface area contributed by atoms with Crippen molar-refractivity contribution in [2.45, 2.75) is 44.8 Å². The highest BCUT2D eigenvalue weighted by atomic mass is 32.1. The Balaban J connectivity index is 1.40. The summed E-state index contributed by atoms with van der Waals surface area (Å²) in [5.41, 5.74) is 4.19. The van der Waals surface area contributed by atoms with Gasteiger partial charge in [-0.05, 0) is 50.3 Å². The first kappa shape index (κ1) is 17.6. The van der Waals surface area contributed by atoms with Gasteiger partial charge in [0.05, 0.1) is 21.3 Å². The lowest BCUT2D eigenvalue weighted by molar-refractivity contribution is 0.0681. The molecule has 7 heteroatoms. The maximum absolute atomic E-state index is 5.45. The predicted octanol–water partition coefficient (Wildman–Crippen LogP) is 4.91. The van der Waals surface area contributed by atoms with Gasteiger partial charge in [-0.3, -0.25) is 0 Å². The molecule has 0 radical (unpaired) electrons. The molecule has 144 valence electrons. The van der Waals surface area contributed by atoms with Gasteiger partial charge in [0.1, 0.15) is 5.65 Å². The molecule has 0 amide bonds. The van der Waals surface area contributed by atoms with Crippen LogP contribution in [0.25, 0.3) is 32.4 Å². The molecule has 3 heterocycles. The zero-order chi connectivity index (χ0) is 19.1. The van der Waals surface area contributed by atoms with Gasteiger partial charge in [0.25, 0.3) is 0 Å². The van der Waals surface area contributed by atoms with E-state index in [1.807, 2.05) is 19.3 Å². The minimum Gasteiger partial charge on any atom is -0.381 e. The van der Waals surface area contributed by atoms with Gasteiger partial charge in [-0.25, -0.2) is 9.97 Å². The normalized spacial score (nSPS) is 20.1. The fraction of sp³-hybridized carbons (Fsp3) is 0.381. The van der Waals surface area contributed by atoms with E-state index in [-0.39, 0.29) is 0 Å². The van der Waals surface area contributed by atoms with E-state index in [4.69, 9.17) is 9.72 Å². The van der Waals surface area contributed by atoms with E-state index in [1.165, 1.54) is 4.70 Å². The van der Waals surface area contributed by atoms with Crippen LogP contribution in [-0.2, 0) is 4.74 Å². The molecule has 6 nitrogen and oxygen atoms in total. The molecular weight excluding hydrogens is 370 g/mol. The van der Waals surface area contributed by atoms with Gasteiger partial charge in [0.2, 0.25) is 5.95 Å². The Morgan fingerprint density at radius 3 is 2.86 bits per heavy atom. The molecule has 0 unspecified atom stereocenters. The van der Waals surface area contributed by atoms with Gasteiger partial charge in [0, 0.05) is 36.5 Å². The maximum Gasteiger partial charge on any atom is 0.224 e. The standard InChI is InChI=1S/C21H23N5OS/c1-12-24-18-8-3-13(9-19(18)28-12)16-10-22-20-17(16)11-23-21(26-20)25-14-4-6-15(27-2)7-5-14/h3,8-11,14-15H,4-7H2,1-2H3,(H2,22,23,25,26)/t14-,15+. The molecule has 1 saturated carbocycles. The lowest BCUT2D eigenvalue weighted by Crippen LogP contribution is -2.29. The van der Waals surface area contributed by atoms with Crippen molar-refractivity contribution in [3.05, 3.63) is 35.6 Å². The number of ether oxygens (including phenoxy) is 1. The fourth-order valence-electron chi connectivity index (χ4n) is 4.05. The van der Waals surface area contributed by atoms with Crippen molar-refractivity contribution in [3.63, 3.8) is 0 Å². The van der Waals surface area contributed by atoms with Crippen molar-refractivity contribution in [1.29, 1.82) is 0 Å². The molecule has 0 bridgehead atoms. The quantitative estimate of drug-likeness (QED) is 0.515. The smallest absolute Gasteiger partial charge is 0.224 e. The number of aryl methyl sites for hydroxylation is 1. The number of thiazole rings is 1. The lowest BCUT2D eigenvalue weighted by atomic mass is 9.93. The third-order valence-electron chi connectivity index (χ3n) is 5.58. The van der Waals surface area contributed by atoms with Crippen LogP contribution in [0, 0.1) is 6.92 Å². The van der Waals surface area contributed by atoms with Gasteiger partial charge < -0.3 is 15.0 Å². The number of H-pyrrole nitrogens is 1. The summed E-state index contributed by atoms with van der Waals surface area (Å²) in [4.78, 5) is 17.1. The summed E-state index contributed by atoms with van der Waals surface area (Å²) in [7, 11) is 1.80. The molecule has 0 atom stereocenters. The molecular formula is C21H23N5OS. The second kappa shape index (κ2) is 7.14. The second-order valence-electron chi connectivity index (χ2n) is 7.43. The van der Waals surface area contributed by atoms with Crippen LogP contribution in [0.1, 0.15) is 30.7 Å². The molecule has 5 rings (SSSR count). The van der Waals surface area contributed by atoms with Gasteiger partial charge in [-0.15, -0.1) is 11.3 Å². The van der Waals surface area contributed by atoms with Crippen LogP contribution in [0.2, 0.25) is 0 Å². The Morgan fingerprint density at radius 1 is 1.18 bits per heavy atom. The number of aromatic amines is 1. The van der Waals surface area contributed by atoms with Crippen molar-refractivity contribution < 1.29 is 4.74 Å². The van der Waals surface area contributed by atoms with Crippen molar-refractivity contribution in [1.82, 2.24) is 19.9 Å². The van der Waals surface area contributed by atoms with E-state index in [1.54, 1.807) is 18.4 Å². The lowest BCUT2D eigenvalue weighted by Gasteiger charge is -2.28. The van der Waals surface area contributed by atoms with Crippen molar-refractivity contribution in [2.75, 3.05) is 12.4 Å². The second-order valence-corrected chi connectivity index (χ2v) is 8.66. The van der Waals surface area contributed by atoms with E-state index in [9.17, 15) is 0 Å². The number of methoxy groups -OCH3 is 1. The number of anilines is 1. The van der Waals surface area contributed by atoms with E-state index >= 15 is 0 Å². The number of aromatic nitrogens is 4. The first-order chi connectivity index (χ1) is 13.7. The maximum atomic E-state index is 5.45. The van der Waals surface area contributed by atoms with Gasteiger partial charge in [-0.1, -0.05) is 6.07 Å². The molecule has 3 aromatic heterocycles. The number of rotatable bonds is 4. The van der Waals surface area contributed by atoms with Crippen molar-refractivity contribution in [2.24, 2.45) is 0 Å². The third kappa shape index (κ3) is 3.25. The molecule has 28 heavy (non-hydrogen) atoms. The van der Waals surface area contributed by atoms with Crippen LogP contribution in [0.3, 0.4) is 0 Å². The molecule has 4 aromatic rings. The monoisotopic (exact) mass is 393 g/mol. The van der Waals surface area contributed by atoms with Crippen LogP contribution in [0.4, 0.5) is 5.95 Å². The van der Waals surface area contributed by atoms with E-state index in [0.717, 1.165) is 58.4 Å². The highest BCUT2D eigenvalue weighted by molar-refractivity contribution is 7.18. The van der Waals surface area contributed by atoms with Crippen LogP contribution >= 0.6 is 11.3 Å². The number of nitrogens with one attached hydrogen (secondary N) is 2. The first-order valence-corrected chi connectivity index (χ1v) is 10.5. The Kier molecular flexibility index (Phi) is 4.49. The number of nitrogens with zero attached hydrogens (tertiary/aromatic N) is 3. The van der Waals surface area contributed by atoms with E-state index in [2.05, 4.69) is 38.5 Å². The Hall–Kier alpha value is -2.51. The minimum atomic E-state index is 0.395. The predicted molar refractivity (Wildman–Crippen MR) is 114 cm³/mol. The summed E-state index contributed by atoms with van der Waals surface area (Å²) in [6.45, 7) is 2.04. The fourth-order valence-corrected chi connectivity index (χ4v) is 4.91. The number of fused-ring (bicyclic) bond motifs is 2. The SMILES string of the molecule is CO[C@H]1CC[C@@H](Nc2ncc3c(-c4ccc5nc(C)sc5c4)c[nH]c3n2)CC1. The molecule has 2 N–H and O–H groups in total. The Labute approximate surface area is 167 Å². The summed E-state index contributed by atoms with van der Waals surface area (Å²) in [6, 6.07) is 6.81. The van der Waals surface area contributed by atoms with E-state index in [0.29, 0.717) is 18.1 Å². The summed E-state index contributed by atoms with van der Waals surface area (Å²) in [6.07, 6.45) is 8.67. The molecule has 0 spiro atoms. The number of hydrogen-bond donors (Lipinski definition) is 2. The molecule has 1 fully saturated rings. The van der Waals surface area contributed by atoms with Crippen molar-refractivity contribution in [3.8, 4) is 11.1 Å². The van der Waals surface area contributed by atoms with Gasteiger partial charge in [-0.2, -0.15) is 4.98 Å². The molecule has 1 aliphatic rings. The summed E-state index contributed by atoms with van der Waals surface area (Å²) in [5.74, 6) is 0.690. The zero-order valence-electron chi connectivity index (χ0n) is 16.0. The van der Waals surface area contributed by atoms with Crippen LogP contribution in [0.5, 0.6) is 0 Å². The summed E-state index contributed by atoms with van der Waals surface area (Å²) in [5, 5.41) is 5.61. The first-order valence-electron chi connectivity index (χ1n) is 9.70. The van der Waals surface area contributed by atoms with Gasteiger partial charge in [0.15, 0.2) is 0 Å². The largest absolute Gasteiger partial charge is 0.381 e. The van der Waals surface area contributed by atoms with Crippen LogP contribution in [-0.4, -0.2) is 39.2 Å². The zero-order valence-corrected chi connectivity index (χ0v) is 16.8. The Bertz CT molecular complexity index is 1130. The number of hydrogen-bond acceptors (Lipinski definition) is 6. The molecule has 1 aromatic carbocycles. The number of benzene rings is 1. The highest BCUT2D eigenvalue weighted by Crippen LogP contribution is 2.32. The molecule has 0 saturated heterocycles. The molecule has 0 aliphatic heterocycles. The minimum absolute atomic E-state index is 0.395. The van der Waals surface area contributed by atoms with Crippen LogP contribution in [0.15, 0.2) is 30.6 Å². The van der Waals surface area contributed by atoms with E-state index < -0.39 is 0 Å². The van der Waals surface area contributed by atoms with Gasteiger partial charge >= 0.3 is 0 Å². The highest BCUT2D eigenvalue weighted by Gasteiger charge is 2.21. The third-order valence-corrected chi connectivity index (χ3v) is 6.51. The average Bonchev–Trinajstić information content (AvgIpc) is 3.30. The summed E-state index contributed by atoms with van der Waals surface area (Å²) >= 11 is 1.72. The molecule has 1 aliphatic carbocycles. The topological polar surface area (TPSA) is 75.7 Å². The van der Waals surface area contributed by atoms with Crippen molar-refractivity contribution >= 4 is 38.5 Å². The average molecular weight is 394 g/mol. The summed E-state index contributed by atoms with van der Waals surface area (Å²) < 4.78 is 6.66. The van der Waals surface area contributed by atoms with Crippen LogP contribution < -0.4 is 5.32 Å².